The first kappa shape index (κ1) is 29.9. The summed E-state index contributed by atoms with van der Waals surface area (Å²) in [5, 5.41) is 21.0. The van der Waals surface area contributed by atoms with Crippen LogP contribution < -0.4 is 9.47 Å². The molecule has 43 heavy (non-hydrogen) atoms. The molecular weight excluding hydrogens is 540 g/mol. The highest BCUT2D eigenvalue weighted by atomic mass is 16.5. The summed E-state index contributed by atoms with van der Waals surface area (Å²) in [6.07, 6.45) is 5.24. The molecule has 0 heterocycles. The van der Waals surface area contributed by atoms with Crippen molar-refractivity contribution in [1.29, 1.82) is 0 Å². The Morgan fingerprint density at radius 3 is 1.72 bits per heavy atom. The van der Waals surface area contributed by atoms with Gasteiger partial charge in [0.25, 0.3) is 0 Å². The van der Waals surface area contributed by atoms with Crippen molar-refractivity contribution in [2.24, 2.45) is 17.8 Å². The molecule has 1 saturated carbocycles. The van der Waals surface area contributed by atoms with E-state index in [9.17, 15) is 19.8 Å². The first-order chi connectivity index (χ1) is 20.9. The molecule has 0 spiro atoms. The lowest BCUT2D eigenvalue weighted by Gasteiger charge is -2.20. The first-order valence-corrected chi connectivity index (χ1v) is 15.0. The quantitative estimate of drug-likeness (QED) is 0.124. The SMILES string of the molecule is CCC1CC(CCCOc2ccc(C(=O)c3ccccc3)c(O)c2)C(COc2ccc(C(=O)c3ccccc3)c(O)c2)C1. The number of ether oxygens (including phenoxy) is 2. The number of carbonyl (C=O) groups excluding carboxylic acids is 2. The fourth-order valence-corrected chi connectivity index (χ4v) is 6.04. The summed E-state index contributed by atoms with van der Waals surface area (Å²) >= 11 is 0. The number of ketones is 2. The number of carbonyl (C=O) groups is 2. The molecular formula is C37H38O6. The lowest BCUT2D eigenvalue weighted by atomic mass is 9.92. The third-order valence-electron chi connectivity index (χ3n) is 8.47. The Morgan fingerprint density at radius 1 is 0.698 bits per heavy atom. The molecule has 5 rings (SSSR count). The molecule has 0 radical (unpaired) electrons. The van der Waals surface area contributed by atoms with Crippen molar-refractivity contribution in [1.82, 2.24) is 0 Å². The van der Waals surface area contributed by atoms with Crippen molar-refractivity contribution in [2.45, 2.75) is 39.0 Å². The highest BCUT2D eigenvalue weighted by Crippen LogP contribution is 2.41. The average molecular weight is 579 g/mol. The topological polar surface area (TPSA) is 93.1 Å². The molecule has 222 valence electrons. The second-order valence-corrected chi connectivity index (χ2v) is 11.3. The Labute approximate surface area is 252 Å². The third-order valence-corrected chi connectivity index (χ3v) is 8.47. The molecule has 1 aliphatic carbocycles. The van der Waals surface area contributed by atoms with Crippen LogP contribution >= 0.6 is 0 Å². The zero-order chi connectivity index (χ0) is 30.2. The highest BCUT2D eigenvalue weighted by molar-refractivity contribution is 6.11. The van der Waals surface area contributed by atoms with Crippen molar-refractivity contribution in [3.8, 4) is 23.0 Å². The predicted octanol–water partition coefficient (Wildman–Crippen LogP) is 7.85. The molecule has 0 aromatic heterocycles. The second kappa shape index (κ2) is 14.1. The van der Waals surface area contributed by atoms with Crippen molar-refractivity contribution < 1.29 is 29.3 Å². The summed E-state index contributed by atoms with van der Waals surface area (Å²) in [5.74, 6) is 2.02. The minimum absolute atomic E-state index is 0.0820. The maximum absolute atomic E-state index is 12.7. The fraction of sp³-hybridized carbons (Fsp3) is 0.297. The van der Waals surface area contributed by atoms with Crippen molar-refractivity contribution in [3.05, 3.63) is 119 Å². The third kappa shape index (κ3) is 7.44. The van der Waals surface area contributed by atoms with E-state index in [0.717, 1.165) is 32.1 Å². The van der Waals surface area contributed by atoms with E-state index in [4.69, 9.17) is 9.47 Å². The predicted molar refractivity (Wildman–Crippen MR) is 166 cm³/mol. The first-order valence-electron chi connectivity index (χ1n) is 15.0. The Hall–Kier alpha value is -4.58. The van der Waals surface area contributed by atoms with Gasteiger partial charge in [0, 0.05) is 23.3 Å². The van der Waals surface area contributed by atoms with Crippen LogP contribution in [0.3, 0.4) is 0 Å². The molecule has 3 unspecified atom stereocenters. The summed E-state index contributed by atoms with van der Waals surface area (Å²) in [6, 6.07) is 27.5. The second-order valence-electron chi connectivity index (χ2n) is 11.3. The zero-order valence-electron chi connectivity index (χ0n) is 24.4. The molecule has 6 heteroatoms. The maximum atomic E-state index is 12.7. The van der Waals surface area contributed by atoms with Gasteiger partial charge in [0.1, 0.15) is 23.0 Å². The van der Waals surface area contributed by atoms with Crippen LogP contribution in [0.15, 0.2) is 97.1 Å². The monoisotopic (exact) mass is 578 g/mol. The summed E-state index contributed by atoms with van der Waals surface area (Å²) in [4.78, 5) is 25.4. The number of rotatable bonds is 13. The molecule has 0 amide bonds. The molecule has 3 atom stereocenters. The highest BCUT2D eigenvalue weighted by Gasteiger charge is 2.33. The van der Waals surface area contributed by atoms with Crippen LogP contribution in [-0.4, -0.2) is 35.0 Å². The largest absolute Gasteiger partial charge is 0.507 e. The number of phenols is 2. The van der Waals surface area contributed by atoms with E-state index < -0.39 is 0 Å². The van der Waals surface area contributed by atoms with Gasteiger partial charge in [-0.2, -0.15) is 0 Å². The lowest BCUT2D eigenvalue weighted by Crippen LogP contribution is -2.17. The van der Waals surface area contributed by atoms with E-state index in [1.807, 2.05) is 12.1 Å². The van der Waals surface area contributed by atoms with E-state index >= 15 is 0 Å². The van der Waals surface area contributed by atoms with E-state index in [1.165, 1.54) is 12.1 Å². The number of benzene rings is 4. The van der Waals surface area contributed by atoms with Crippen molar-refractivity contribution in [3.63, 3.8) is 0 Å². The minimum atomic E-state index is -0.226. The van der Waals surface area contributed by atoms with Gasteiger partial charge < -0.3 is 19.7 Å². The van der Waals surface area contributed by atoms with E-state index in [0.29, 0.717) is 53.6 Å². The van der Waals surface area contributed by atoms with Gasteiger partial charge in [0.05, 0.1) is 24.3 Å². The molecule has 0 saturated heterocycles. The molecule has 1 aliphatic rings. The Morgan fingerprint density at radius 2 is 1.21 bits per heavy atom. The van der Waals surface area contributed by atoms with Crippen LogP contribution in [0.4, 0.5) is 0 Å². The van der Waals surface area contributed by atoms with Gasteiger partial charge in [-0.25, -0.2) is 0 Å². The molecule has 6 nitrogen and oxygen atoms in total. The lowest BCUT2D eigenvalue weighted by molar-refractivity contribution is 0.102. The normalized spacial score (nSPS) is 17.8. The smallest absolute Gasteiger partial charge is 0.196 e. The summed E-state index contributed by atoms with van der Waals surface area (Å²) < 4.78 is 12.1. The molecule has 1 fully saturated rings. The summed E-state index contributed by atoms with van der Waals surface area (Å²) in [5.41, 5.74) is 1.57. The number of hydrogen-bond acceptors (Lipinski definition) is 6. The maximum Gasteiger partial charge on any atom is 0.196 e. The van der Waals surface area contributed by atoms with Crippen LogP contribution in [0.2, 0.25) is 0 Å². The van der Waals surface area contributed by atoms with Gasteiger partial charge in [-0.3, -0.25) is 9.59 Å². The Bertz CT molecular complexity index is 1530. The van der Waals surface area contributed by atoms with Gasteiger partial charge in [0.15, 0.2) is 11.6 Å². The molecule has 4 aromatic carbocycles. The Balaban J connectivity index is 1.12. The van der Waals surface area contributed by atoms with Gasteiger partial charge in [0.2, 0.25) is 0 Å². The van der Waals surface area contributed by atoms with E-state index in [2.05, 4.69) is 6.92 Å². The number of hydrogen-bond donors (Lipinski definition) is 2. The van der Waals surface area contributed by atoms with E-state index in [-0.39, 0.29) is 34.2 Å². The molecule has 0 bridgehead atoms. The molecule has 2 N–H and O–H groups in total. The Kier molecular flexibility index (Phi) is 9.77. The zero-order valence-corrected chi connectivity index (χ0v) is 24.4. The summed E-state index contributed by atoms with van der Waals surface area (Å²) in [6.45, 7) is 3.29. The van der Waals surface area contributed by atoms with Crippen LogP contribution in [0, 0.1) is 17.8 Å². The number of aromatic hydroxyl groups is 2. The molecule has 4 aromatic rings. The van der Waals surface area contributed by atoms with Crippen molar-refractivity contribution >= 4 is 11.6 Å². The number of phenolic OH excluding ortho intramolecular Hbond substituents is 2. The average Bonchev–Trinajstić information content (AvgIpc) is 3.44. The van der Waals surface area contributed by atoms with Gasteiger partial charge in [-0.15, -0.1) is 0 Å². The van der Waals surface area contributed by atoms with Crippen LogP contribution in [-0.2, 0) is 0 Å². The van der Waals surface area contributed by atoms with E-state index in [1.54, 1.807) is 72.8 Å². The van der Waals surface area contributed by atoms with Crippen LogP contribution in [0.5, 0.6) is 23.0 Å². The minimum Gasteiger partial charge on any atom is -0.507 e. The van der Waals surface area contributed by atoms with Gasteiger partial charge in [-0.1, -0.05) is 74.0 Å². The van der Waals surface area contributed by atoms with Crippen LogP contribution in [0.1, 0.15) is 70.9 Å². The van der Waals surface area contributed by atoms with Gasteiger partial charge in [-0.05, 0) is 67.7 Å². The van der Waals surface area contributed by atoms with Crippen LogP contribution in [0.25, 0.3) is 0 Å². The van der Waals surface area contributed by atoms with Gasteiger partial charge >= 0.3 is 0 Å². The standard InChI is InChI=1S/C37H38O6/c1-2-25-20-28(14-9-19-42-30-15-17-32(34(38)22-30)36(40)26-10-5-3-6-11-26)29(21-25)24-43-31-16-18-33(35(39)23-31)37(41)27-12-7-4-8-13-27/h3-8,10-13,15-18,22-23,25,28-29,38-39H,2,9,14,19-21,24H2,1H3. The fourth-order valence-electron chi connectivity index (χ4n) is 6.04. The molecule has 0 aliphatic heterocycles. The van der Waals surface area contributed by atoms with Crippen molar-refractivity contribution in [2.75, 3.05) is 13.2 Å². The summed E-state index contributed by atoms with van der Waals surface area (Å²) in [7, 11) is 0.